The molecule has 1 aromatic carbocycles. The summed E-state index contributed by atoms with van der Waals surface area (Å²) >= 11 is 0. The zero-order valence-corrected chi connectivity index (χ0v) is 24.0. The smallest absolute Gasteiger partial charge is 0.238 e. The Kier molecular flexibility index (Phi) is 7.40. The lowest BCUT2D eigenvalue weighted by atomic mass is 10.1. The highest BCUT2D eigenvalue weighted by atomic mass is 16.5. The standard InChI is InChI=1S/C29H33N11O2/c1-17-12-32-29(36-24-10-18(2)39(4)38-24)37-27(17)21-13-31-28-20(21)6-5-7-22(28)35-25(41)15-40-9-8-19(14-40)42-26-11-23(30-3)33-16-34-26/h5-7,10-13,16,19,31H,8-9,14-15H2,1-4H3,(H,35,41)(H,30,33,34)(H,32,36,37,38)/t19-/m0/s1. The third kappa shape index (κ3) is 5.72. The van der Waals surface area contributed by atoms with E-state index in [1.807, 2.05) is 51.4 Å². The Bertz CT molecular complexity index is 1730. The first-order valence-electron chi connectivity index (χ1n) is 13.8. The van der Waals surface area contributed by atoms with Gasteiger partial charge in [-0.3, -0.25) is 14.4 Å². The van der Waals surface area contributed by atoms with Gasteiger partial charge in [0.1, 0.15) is 18.2 Å². The normalized spacial score (nSPS) is 15.2. The Morgan fingerprint density at radius 3 is 2.86 bits per heavy atom. The average molecular weight is 568 g/mol. The van der Waals surface area contributed by atoms with Crippen molar-refractivity contribution in [3.63, 3.8) is 0 Å². The molecule has 1 saturated heterocycles. The molecule has 5 aromatic rings. The van der Waals surface area contributed by atoms with E-state index in [9.17, 15) is 4.79 Å². The summed E-state index contributed by atoms with van der Waals surface area (Å²) in [5.41, 5.74) is 5.23. The van der Waals surface area contributed by atoms with Gasteiger partial charge in [0.15, 0.2) is 5.82 Å². The molecule has 6 rings (SSSR count). The van der Waals surface area contributed by atoms with Crippen molar-refractivity contribution < 1.29 is 9.53 Å². The number of aryl methyl sites for hydroxylation is 3. The number of hydrogen-bond acceptors (Lipinski definition) is 10. The number of hydrogen-bond donors (Lipinski definition) is 4. The highest BCUT2D eigenvalue weighted by Gasteiger charge is 2.26. The lowest BCUT2D eigenvalue weighted by Gasteiger charge is -2.16. The maximum absolute atomic E-state index is 13.1. The van der Waals surface area contributed by atoms with Gasteiger partial charge in [-0.15, -0.1) is 0 Å². The Balaban J connectivity index is 1.13. The van der Waals surface area contributed by atoms with Gasteiger partial charge in [0, 0.05) is 68.4 Å². The molecule has 0 spiro atoms. The van der Waals surface area contributed by atoms with E-state index in [1.54, 1.807) is 24.0 Å². The number of carbonyl (C=O) groups excluding carboxylic acids is 1. The SMILES string of the molecule is CNc1cc(O[C@H]2CCN(CC(=O)Nc3cccc4c(-c5nc(Nc6cc(C)n(C)n6)ncc5C)c[nH]c34)C2)ncn1. The molecule has 5 heterocycles. The Labute approximate surface area is 242 Å². The summed E-state index contributed by atoms with van der Waals surface area (Å²) in [7, 11) is 3.69. The first-order chi connectivity index (χ1) is 20.4. The molecule has 42 heavy (non-hydrogen) atoms. The summed E-state index contributed by atoms with van der Waals surface area (Å²) in [6.45, 7) is 5.64. The van der Waals surface area contributed by atoms with E-state index < -0.39 is 0 Å². The number of amides is 1. The topological polar surface area (TPSA) is 151 Å². The molecule has 13 heteroatoms. The van der Waals surface area contributed by atoms with Crippen molar-refractivity contribution >= 4 is 40.1 Å². The fraction of sp³-hybridized carbons (Fsp3) is 0.310. The van der Waals surface area contributed by atoms with Gasteiger partial charge in [-0.2, -0.15) is 5.10 Å². The molecule has 4 aromatic heterocycles. The first kappa shape index (κ1) is 27.1. The Morgan fingerprint density at radius 2 is 2.05 bits per heavy atom. The molecular formula is C29H33N11O2. The van der Waals surface area contributed by atoms with E-state index in [2.05, 4.69) is 45.9 Å². The van der Waals surface area contributed by atoms with Crippen molar-refractivity contribution in [3.05, 3.63) is 60.3 Å². The quantitative estimate of drug-likeness (QED) is 0.208. The second-order valence-electron chi connectivity index (χ2n) is 10.4. The number of carbonyl (C=O) groups is 1. The second kappa shape index (κ2) is 11.4. The van der Waals surface area contributed by atoms with Crippen LogP contribution in [0.4, 0.5) is 23.3 Å². The predicted octanol–water partition coefficient (Wildman–Crippen LogP) is 3.64. The summed E-state index contributed by atoms with van der Waals surface area (Å²) in [5.74, 6) is 2.27. The molecule has 1 fully saturated rings. The molecule has 0 aliphatic carbocycles. The van der Waals surface area contributed by atoms with Gasteiger partial charge in [-0.1, -0.05) is 12.1 Å². The minimum atomic E-state index is -0.0887. The van der Waals surface area contributed by atoms with Gasteiger partial charge in [-0.05, 0) is 31.9 Å². The number of anilines is 4. The number of para-hydroxylation sites is 1. The highest BCUT2D eigenvalue weighted by Crippen LogP contribution is 2.33. The monoisotopic (exact) mass is 567 g/mol. The number of nitrogens with zero attached hydrogens (tertiary/aromatic N) is 7. The van der Waals surface area contributed by atoms with Gasteiger partial charge in [0.05, 0.1) is 23.4 Å². The summed E-state index contributed by atoms with van der Waals surface area (Å²) < 4.78 is 7.81. The highest BCUT2D eigenvalue weighted by molar-refractivity contribution is 6.06. The lowest BCUT2D eigenvalue weighted by Crippen LogP contribution is -2.33. The van der Waals surface area contributed by atoms with Gasteiger partial charge in [-0.25, -0.2) is 19.9 Å². The number of benzene rings is 1. The molecule has 4 N–H and O–H groups in total. The molecule has 13 nitrogen and oxygen atoms in total. The summed E-state index contributed by atoms with van der Waals surface area (Å²) in [5, 5.41) is 14.6. The maximum atomic E-state index is 13.1. The van der Waals surface area contributed by atoms with Gasteiger partial charge < -0.3 is 25.7 Å². The minimum absolute atomic E-state index is 0.0380. The van der Waals surface area contributed by atoms with Crippen LogP contribution in [0.2, 0.25) is 0 Å². The van der Waals surface area contributed by atoms with Crippen LogP contribution < -0.4 is 20.7 Å². The summed E-state index contributed by atoms with van der Waals surface area (Å²) in [6.07, 6.45) is 5.96. The van der Waals surface area contributed by atoms with Crippen LogP contribution in [0.25, 0.3) is 22.2 Å². The molecule has 216 valence electrons. The van der Waals surface area contributed by atoms with E-state index >= 15 is 0 Å². The predicted molar refractivity (Wildman–Crippen MR) is 161 cm³/mol. The van der Waals surface area contributed by atoms with E-state index in [-0.39, 0.29) is 18.6 Å². The van der Waals surface area contributed by atoms with Crippen molar-refractivity contribution in [3.8, 4) is 17.1 Å². The van der Waals surface area contributed by atoms with Crippen molar-refractivity contribution in [2.75, 3.05) is 42.6 Å². The second-order valence-corrected chi connectivity index (χ2v) is 10.4. The van der Waals surface area contributed by atoms with Gasteiger partial charge >= 0.3 is 0 Å². The minimum Gasteiger partial charge on any atom is -0.473 e. The van der Waals surface area contributed by atoms with Crippen LogP contribution in [0.1, 0.15) is 17.7 Å². The molecule has 0 unspecified atom stereocenters. The van der Waals surface area contributed by atoms with Crippen LogP contribution in [0.3, 0.4) is 0 Å². The van der Waals surface area contributed by atoms with Gasteiger partial charge in [0.25, 0.3) is 0 Å². The van der Waals surface area contributed by atoms with Crippen molar-refractivity contribution in [2.24, 2.45) is 7.05 Å². The molecule has 1 aliphatic rings. The molecule has 0 radical (unpaired) electrons. The molecule has 1 atom stereocenters. The lowest BCUT2D eigenvalue weighted by molar-refractivity contribution is -0.117. The molecule has 0 saturated carbocycles. The van der Waals surface area contributed by atoms with Crippen molar-refractivity contribution in [1.82, 2.24) is 39.6 Å². The maximum Gasteiger partial charge on any atom is 0.238 e. The van der Waals surface area contributed by atoms with Crippen LogP contribution >= 0.6 is 0 Å². The summed E-state index contributed by atoms with van der Waals surface area (Å²) in [4.78, 5) is 36.0. The van der Waals surface area contributed by atoms with E-state index in [4.69, 9.17) is 9.72 Å². The number of rotatable bonds is 9. The third-order valence-electron chi connectivity index (χ3n) is 7.35. The van der Waals surface area contributed by atoms with E-state index in [1.165, 1.54) is 6.33 Å². The van der Waals surface area contributed by atoms with Crippen molar-refractivity contribution in [2.45, 2.75) is 26.4 Å². The Hall–Kier alpha value is -5.04. The number of H-pyrrole nitrogens is 1. The number of aromatic nitrogens is 7. The third-order valence-corrected chi connectivity index (χ3v) is 7.35. The Morgan fingerprint density at radius 1 is 1.17 bits per heavy atom. The number of ether oxygens (including phenoxy) is 1. The largest absolute Gasteiger partial charge is 0.473 e. The summed E-state index contributed by atoms with van der Waals surface area (Å²) in [6, 6.07) is 9.55. The molecule has 1 amide bonds. The number of fused-ring (bicyclic) bond motifs is 1. The van der Waals surface area contributed by atoms with Crippen LogP contribution in [0.5, 0.6) is 5.88 Å². The van der Waals surface area contributed by atoms with Crippen molar-refractivity contribution in [1.29, 1.82) is 0 Å². The number of nitrogens with one attached hydrogen (secondary N) is 4. The van der Waals surface area contributed by atoms with Crippen LogP contribution in [-0.2, 0) is 11.8 Å². The van der Waals surface area contributed by atoms with E-state index in [0.717, 1.165) is 46.4 Å². The fourth-order valence-corrected chi connectivity index (χ4v) is 5.11. The van der Waals surface area contributed by atoms with Gasteiger partial charge in [0.2, 0.25) is 17.7 Å². The molecule has 0 bridgehead atoms. The van der Waals surface area contributed by atoms with Crippen LogP contribution in [0.15, 0.2) is 49.1 Å². The number of aromatic amines is 1. The van der Waals surface area contributed by atoms with Crippen LogP contribution in [0, 0.1) is 13.8 Å². The van der Waals surface area contributed by atoms with Crippen LogP contribution in [-0.4, -0.2) is 78.3 Å². The first-order valence-corrected chi connectivity index (χ1v) is 13.8. The van der Waals surface area contributed by atoms with E-state index in [0.29, 0.717) is 35.7 Å². The zero-order chi connectivity index (χ0) is 29.2. The average Bonchev–Trinajstić information content (AvgIpc) is 3.69. The molecule has 1 aliphatic heterocycles. The fourth-order valence-electron chi connectivity index (χ4n) is 5.11. The number of likely N-dealkylation sites (tertiary alicyclic amines) is 1. The zero-order valence-electron chi connectivity index (χ0n) is 24.0. The molecular weight excluding hydrogens is 534 g/mol.